The van der Waals surface area contributed by atoms with Gasteiger partial charge in [-0.25, -0.2) is 8.78 Å². The Balaban J connectivity index is 2.21. The van der Waals surface area contributed by atoms with E-state index in [1.54, 1.807) is 23.3 Å². The number of nitrogen functional groups attached to an aromatic ring is 1. The lowest BCUT2D eigenvalue weighted by atomic mass is 10.1. The molecule has 0 spiro atoms. The Bertz CT molecular complexity index is 555. The van der Waals surface area contributed by atoms with E-state index < -0.39 is 11.6 Å². The Labute approximate surface area is 115 Å². The molecule has 1 atom stereocenters. The lowest BCUT2D eigenvalue weighted by Gasteiger charge is -2.28. The fraction of sp³-hybridized carbons (Fsp3) is 0.286. The highest BCUT2D eigenvalue weighted by atomic mass is 32.1. The van der Waals surface area contributed by atoms with Gasteiger partial charge in [0.25, 0.3) is 0 Å². The van der Waals surface area contributed by atoms with Gasteiger partial charge < -0.3 is 10.6 Å². The van der Waals surface area contributed by atoms with E-state index in [4.69, 9.17) is 5.73 Å². The van der Waals surface area contributed by atoms with Crippen LogP contribution >= 0.6 is 11.3 Å². The normalized spacial score (nSPS) is 12.4. The molecule has 1 aromatic heterocycles. The maximum Gasteiger partial charge on any atom is 0.151 e. The van der Waals surface area contributed by atoms with E-state index >= 15 is 0 Å². The van der Waals surface area contributed by atoms with Crippen LogP contribution in [0.4, 0.5) is 20.2 Å². The summed E-state index contributed by atoms with van der Waals surface area (Å²) in [4.78, 5) is 3.04. The summed E-state index contributed by atoms with van der Waals surface area (Å²) >= 11 is 1.67. The molecule has 2 N–H and O–H groups in total. The number of anilines is 2. The monoisotopic (exact) mass is 282 g/mol. The highest BCUT2D eigenvalue weighted by Crippen LogP contribution is 2.28. The van der Waals surface area contributed by atoms with E-state index in [1.807, 2.05) is 24.4 Å². The molecule has 1 aromatic carbocycles. The average Bonchev–Trinajstić information content (AvgIpc) is 2.85. The van der Waals surface area contributed by atoms with Gasteiger partial charge in [-0.05, 0) is 24.4 Å². The molecule has 0 amide bonds. The van der Waals surface area contributed by atoms with E-state index in [0.717, 1.165) is 12.5 Å². The molecule has 0 fully saturated rings. The van der Waals surface area contributed by atoms with Crippen molar-refractivity contribution < 1.29 is 8.78 Å². The number of nitrogens with two attached hydrogens (primary N) is 1. The van der Waals surface area contributed by atoms with Crippen LogP contribution in [0.3, 0.4) is 0 Å². The van der Waals surface area contributed by atoms with Crippen molar-refractivity contribution in [1.82, 2.24) is 0 Å². The Kier molecular flexibility index (Phi) is 4.04. The molecule has 0 saturated carbocycles. The second-order valence-electron chi connectivity index (χ2n) is 4.56. The Morgan fingerprint density at radius 1 is 1.37 bits per heavy atom. The average molecular weight is 282 g/mol. The van der Waals surface area contributed by atoms with Crippen molar-refractivity contribution in [3.05, 3.63) is 46.2 Å². The molecular formula is C14H16F2N2S. The topological polar surface area (TPSA) is 29.3 Å². The molecule has 1 heterocycles. The first-order valence-corrected chi connectivity index (χ1v) is 6.86. The first-order chi connectivity index (χ1) is 8.99. The van der Waals surface area contributed by atoms with E-state index in [2.05, 4.69) is 0 Å². The maximum absolute atomic E-state index is 13.5. The Morgan fingerprint density at radius 3 is 2.74 bits per heavy atom. The van der Waals surface area contributed by atoms with E-state index in [0.29, 0.717) is 5.69 Å². The summed E-state index contributed by atoms with van der Waals surface area (Å²) in [5.41, 5.74) is 6.06. The summed E-state index contributed by atoms with van der Waals surface area (Å²) in [6, 6.07) is 6.20. The van der Waals surface area contributed by atoms with E-state index in [9.17, 15) is 8.78 Å². The lowest BCUT2D eigenvalue weighted by Crippen LogP contribution is -2.31. The van der Waals surface area contributed by atoms with E-state index in [-0.39, 0.29) is 11.7 Å². The van der Waals surface area contributed by atoms with Crippen LogP contribution in [-0.2, 0) is 6.42 Å². The number of nitrogens with zero attached hydrogens (tertiary/aromatic N) is 1. The number of hydrogen-bond acceptors (Lipinski definition) is 3. The van der Waals surface area contributed by atoms with Crippen LogP contribution in [0.5, 0.6) is 0 Å². The summed E-state index contributed by atoms with van der Waals surface area (Å²) in [5, 5.41) is 2.01. The van der Waals surface area contributed by atoms with Crippen molar-refractivity contribution >= 4 is 22.7 Å². The largest absolute Gasteiger partial charge is 0.395 e. The zero-order valence-corrected chi connectivity index (χ0v) is 11.7. The first kappa shape index (κ1) is 13.8. The third-order valence-electron chi connectivity index (χ3n) is 3.19. The molecule has 0 radical (unpaired) electrons. The van der Waals surface area contributed by atoms with Gasteiger partial charge in [0.1, 0.15) is 5.82 Å². The summed E-state index contributed by atoms with van der Waals surface area (Å²) in [6.07, 6.45) is 0.811. The second-order valence-corrected chi connectivity index (χ2v) is 5.60. The first-order valence-electron chi connectivity index (χ1n) is 5.98. The SMILES string of the molecule is CC(Cc1cccs1)N(C)c1cc(F)cc(F)c1N. The predicted molar refractivity (Wildman–Crippen MR) is 76.7 cm³/mol. The summed E-state index contributed by atoms with van der Waals surface area (Å²) < 4.78 is 26.7. The third kappa shape index (κ3) is 3.04. The van der Waals surface area contributed by atoms with Gasteiger partial charge in [0, 0.05) is 30.5 Å². The highest BCUT2D eigenvalue weighted by molar-refractivity contribution is 7.09. The van der Waals surface area contributed by atoms with Crippen molar-refractivity contribution in [2.45, 2.75) is 19.4 Å². The summed E-state index contributed by atoms with van der Waals surface area (Å²) in [7, 11) is 1.79. The molecule has 1 unspecified atom stereocenters. The number of thiophene rings is 1. The van der Waals surface area contributed by atoms with Gasteiger partial charge in [-0.2, -0.15) is 0 Å². The number of hydrogen-bond donors (Lipinski definition) is 1. The van der Waals surface area contributed by atoms with Gasteiger partial charge in [0.05, 0.1) is 11.4 Å². The molecule has 2 rings (SSSR count). The Morgan fingerprint density at radius 2 is 2.11 bits per heavy atom. The minimum atomic E-state index is -0.717. The van der Waals surface area contributed by atoms with Crippen molar-refractivity contribution in [2.24, 2.45) is 0 Å². The van der Waals surface area contributed by atoms with Crippen LogP contribution < -0.4 is 10.6 Å². The fourth-order valence-electron chi connectivity index (χ4n) is 1.96. The predicted octanol–water partition coefficient (Wildman–Crippen LogP) is 3.68. The van der Waals surface area contributed by atoms with Crippen LogP contribution in [0.15, 0.2) is 29.6 Å². The molecule has 5 heteroatoms. The fourth-order valence-corrected chi connectivity index (χ4v) is 2.78. The van der Waals surface area contributed by atoms with Crippen molar-refractivity contribution in [1.29, 1.82) is 0 Å². The standard InChI is InChI=1S/C14H16F2N2S/c1-9(6-11-4-3-5-19-11)18(2)13-8-10(15)7-12(16)14(13)17/h3-5,7-9H,6,17H2,1-2H3. The van der Waals surface area contributed by atoms with Crippen LogP contribution in [0.1, 0.15) is 11.8 Å². The van der Waals surface area contributed by atoms with Gasteiger partial charge in [0.15, 0.2) is 5.82 Å². The number of halogens is 2. The quantitative estimate of drug-likeness (QED) is 0.867. The zero-order chi connectivity index (χ0) is 14.0. The smallest absolute Gasteiger partial charge is 0.151 e. The molecule has 0 saturated heterocycles. The van der Waals surface area contributed by atoms with Crippen molar-refractivity contribution in [3.63, 3.8) is 0 Å². The van der Waals surface area contributed by atoms with Gasteiger partial charge in [-0.15, -0.1) is 11.3 Å². The van der Waals surface area contributed by atoms with Crippen LogP contribution in [0.25, 0.3) is 0 Å². The lowest BCUT2D eigenvalue weighted by molar-refractivity contribution is 0.583. The minimum Gasteiger partial charge on any atom is -0.395 e. The molecule has 0 bridgehead atoms. The minimum absolute atomic E-state index is 0.0121. The molecule has 102 valence electrons. The van der Waals surface area contributed by atoms with Gasteiger partial charge in [-0.1, -0.05) is 6.07 Å². The zero-order valence-electron chi connectivity index (χ0n) is 10.9. The number of likely N-dealkylation sites (N-methyl/N-ethyl adjacent to an activating group) is 1. The van der Waals surface area contributed by atoms with Crippen LogP contribution in [-0.4, -0.2) is 13.1 Å². The van der Waals surface area contributed by atoms with Crippen molar-refractivity contribution in [2.75, 3.05) is 17.7 Å². The van der Waals surface area contributed by atoms with Crippen LogP contribution in [0, 0.1) is 11.6 Å². The van der Waals surface area contributed by atoms with Crippen LogP contribution in [0.2, 0.25) is 0 Å². The van der Waals surface area contributed by atoms with Gasteiger partial charge >= 0.3 is 0 Å². The van der Waals surface area contributed by atoms with Gasteiger partial charge in [0.2, 0.25) is 0 Å². The number of rotatable bonds is 4. The molecule has 2 aromatic rings. The summed E-state index contributed by atoms with van der Waals surface area (Å²) in [5.74, 6) is -1.33. The highest BCUT2D eigenvalue weighted by Gasteiger charge is 2.17. The molecule has 0 aliphatic carbocycles. The maximum atomic E-state index is 13.5. The third-order valence-corrected chi connectivity index (χ3v) is 4.09. The second kappa shape index (κ2) is 5.57. The van der Waals surface area contributed by atoms with Crippen molar-refractivity contribution in [3.8, 4) is 0 Å². The molecule has 0 aliphatic rings. The molecular weight excluding hydrogens is 266 g/mol. The molecule has 19 heavy (non-hydrogen) atoms. The summed E-state index contributed by atoms with van der Waals surface area (Å²) in [6.45, 7) is 2.00. The Hall–Kier alpha value is -1.62. The molecule has 0 aliphatic heterocycles. The molecule has 2 nitrogen and oxygen atoms in total. The van der Waals surface area contributed by atoms with Gasteiger partial charge in [-0.3, -0.25) is 0 Å². The van der Waals surface area contributed by atoms with E-state index in [1.165, 1.54) is 10.9 Å². The number of benzene rings is 1.